The molecule has 0 amide bonds. The number of ether oxygens (including phenoxy) is 1. The summed E-state index contributed by atoms with van der Waals surface area (Å²) >= 11 is 0. The Morgan fingerprint density at radius 2 is 2.31 bits per heavy atom. The van der Waals surface area contributed by atoms with Gasteiger partial charge in [-0.2, -0.15) is 5.10 Å². The Hall–Kier alpha value is -1.43. The van der Waals surface area contributed by atoms with Crippen molar-refractivity contribution in [1.82, 2.24) is 14.8 Å². The largest absolute Gasteiger partial charge is 0.460 e. The Kier molecular flexibility index (Phi) is 3.51. The molecule has 1 aliphatic rings. The second-order valence-corrected chi connectivity index (χ2v) is 3.98. The second-order valence-electron chi connectivity index (χ2n) is 3.98. The van der Waals surface area contributed by atoms with E-state index < -0.39 is 12.1 Å². The van der Waals surface area contributed by atoms with E-state index in [0.717, 1.165) is 25.7 Å². The summed E-state index contributed by atoms with van der Waals surface area (Å²) in [6.45, 7) is 0.0888. The minimum absolute atomic E-state index is 0.0158. The zero-order chi connectivity index (χ0) is 11.4. The summed E-state index contributed by atoms with van der Waals surface area (Å²) in [5, 5.41) is 13.4. The number of carbonyl (C=O) groups is 1. The fraction of sp³-hybridized carbons (Fsp3) is 0.700. The van der Waals surface area contributed by atoms with E-state index in [1.54, 1.807) is 0 Å². The van der Waals surface area contributed by atoms with Crippen molar-refractivity contribution in [2.75, 3.05) is 0 Å². The van der Waals surface area contributed by atoms with E-state index in [2.05, 4.69) is 10.1 Å². The Labute approximate surface area is 93.2 Å². The summed E-state index contributed by atoms with van der Waals surface area (Å²) in [6.07, 6.45) is 5.62. The molecule has 1 N–H and O–H groups in total. The SMILES string of the molecule is O=C(OC1CCCC1)C(O)Cn1cncn1. The fourth-order valence-electron chi connectivity index (χ4n) is 1.83. The molecule has 6 heteroatoms. The van der Waals surface area contributed by atoms with Gasteiger partial charge < -0.3 is 9.84 Å². The Balaban J connectivity index is 1.79. The highest BCUT2D eigenvalue weighted by Crippen LogP contribution is 2.21. The Morgan fingerprint density at radius 3 is 2.94 bits per heavy atom. The Bertz CT molecular complexity index is 333. The van der Waals surface area contributed by atoms with Crippen LogP contribution in [0.3, 0.4) is 0 Å². The predicted octanol–water partition coefficient (Wildman–Crippen LogP) is 0.125. The molecule has 1 atom stereocenters. The van der Waals surface area contributed by atoms with Crippen molar-refractivity contribution in [3.8, 4) is 0 Å². The van der Waals surface area contributed by atoms with Crippen LogP contribution in [0.4, 0.5) is 0 Å². The predicted molar refractivity (Wildman–Crippen MR) is 54.4 cm³/mol. The number of hydrogen-bond donors (Lipinski definition) is 1. The van der Waals surface area contributed by atoms with Gasteiger partial charge in [0.25, 0.3) is 0 Å². The molecular formula is C10H15N3O3. The zero-order valence-electron chi connectivity index (χ0n) is 8.95. The van der Waals surface area contributed by atoms with E-state index in [-0.39, 0.29) is 12.6 Å². The number of carbonyl (C=O) groups excluding carboxylic acids is 1. The number of hydrogen-bond acceptors (Lipinski definition) is 5. The van der Waals surface area contributed by atoms with Gasteiger partial charge in [-0.05, 0) is 25.7 Å². The average molecular weight is 225 g/mol. The first kappa shape index (κ1) is 11.1. The van der Waals surface area contributed by atoms with Gasteiger partial charge >= 0.3 is 5.97 Å². The second kappa shape index (κ2) is 5.07. The minimum atomic E-state index is -1.16. The van der Waals surface area contributed by atoms with Crippen LogP contribution < -0.4 is 0 Å². The van der Waals surface area contributed by atoms with E-state index in [1.807, 2.05) is 0 Å². The lowest BCUT2D eigenvalue weighted by atomic mass is 10.3. The lowest BCUT2D eigenvalue weighted by molar-refractivity contribution is -0.159. The molecule has 1 heterocycles. The number of nitrogens with zero attached hydrogens (tertiary/aromatic N) is 3. The highest BCUT2D eigenvalue weighted by atomic mass is 16.6. The van der Waals surface area contributed by atoms with E-state index in [1.165, 1.54) is 17.3 Å². The van der Waals surface area contributed by atoms with Gasteiger partial charge in [-0.1, -0.05) is 0 Å². The summed E-state index contributed by atoms with van der Waals surface area (Å²) < 4.78 is 6.57. The minimum Gasteiger partial charge on any atom is -0.460 e. The molecule has 0 radical (unpaired) electrons. The van der Waals surface area contributed by atoms with E-state index >= 15 is 0 Å². The van der Waals surface area contributed by atoms with Crippen LogP contribution in [0.1, 0.15) is 25.7 Å². The summed E-state index contributed by atoms with van der Waals surface area (Å²) in [6, 6.07) is 0. The molecule has 1 aliphatic carbocycles. The maximum absolute atomic E-state index is 11.5. The monoisotopic (exact) mass is 225 g/mol. The Morgan fingerprint density at radius 1 is 1.56 bits per heavy atom. The third-order valence-electron chi connectivity index (χ3n) is 2.68. The lowest BCUT2D eigenvalue weighted by Crippen LogP contribution is -2.30. The molecule has 1 aromatic rings. The van der Waals surface area contributed by atoms with Gasteiger partial charge in [0.2, 0.25) is 0 Å². The summed E-state index contributed by atoms with van der Waals surface area (Å²) in [4.78, 5) is 15.2. The molecule has 0 aromatic carbocycles. The van der Waals surface area contributed by atoms with Crippen LogP contribution in [0.25, 0.3) is 0 Å². The lowest BCUT2D eigenvalue weighted by Gasteiger charge is -2.14. The van der Waals surface area contributed by atoms with Crippen molar-refractivity contribution >= 4 is 5.97 Å². The molecule has 1 saturated carbocycles. The topological polar surface area (TPSA) is 77.2 Å². The normalized spacial score (nSPS) is 18.6. The molecule has 1 fully saturated rings. The molecule has 1 unspecified atom stereocenters. The fourth-order valence-corrected chi connectivity index (χ4v) is 1.83. The number of aliphatic hydroxyl groups excluding tert-OH is 1. The molecule has 2 rings (SSSR count). The van der Waals surface area contributed by atoms with Crippen molar-refractivity contribution in [3.05, 3.63) is 12.7 Å². The molecule has 0 spiro atoms. The molecular weight excluding hydrogens is 210 g/mol. The number of rotatable bonds is 4. The molecule has 0 bridgehead atoms. The van der Waals surface area contributed by atoms with E-state index in [9.17, 15) is 9.90 Å². The van der Waals surface area contributed by atoms with Crippen molar-refractivity contribution in [2.45, 2.75) is 44.4 Å². The summed E-state index contributed by atoms with van der Waals surface area (Å²) in [7, 11) is 0. The van der Waals surface area contributed by atoms with Crippen LogP contribution in [-0.4, -0.2) is 38.0 Å². The van der Waals surface area contributed by atoms with Gasteiger partial charge in [0.05, 0.1) is 6.54 Å². The molecule has 6 nitrogen and oxygen atoms in total. The quantitative estimate of drug-likeness (QED) is 0.737. The third kappa shape index (κ3) is 2.79. The number of aliphatic hydroxyl groups is 1. The van der Waals surface area contributed by atoms with Gasteiger partial charge in [-0.25, -0.2) is 14.5 Å². The van der Waals surface area contributed by atoms with Crippen molar-refractivity contribution < 1.29 is 14.6 Å². The van der Waals surface area contributed by atoms with Crippen molar-refractivity contribution in [1.29, 1.82) is 0 Å². The smallest absolute Gasteiger partial charge is 0.337 e. The van der Waals surface area contributed by atoms with Crippen LogP contribution >= 0.6 is 0 Å². The van der Waals surface area contributed by atoms with Crippen LogP contribution in [0.2, 0.25) is 0 Å². The summed E-state index contributed by atoms with van der Waals surface area (Å²) in [5.41, 5.74) is 0. The van der Waals surface area contributed by atoms with Gasteiger partial charge in [0.1, 0.15) is 18.8 Å². The van der Waals surface area contributed by atoms with Gasteiger partial charge in [0, 0.05) is 0 Å². The first-order chi connectivity index (χ1) is 7.75. The molecule has 88 valence electrons. The van der Waals surface area contributed by atoms with Crippen LogP contribution in [0.5, 0.6) is 0 Å². The number of esters is 1. The molecule has 1 aromatic heterocycles. The molecule has 16 heavy (non-hydrogen) atoms. The third-order valence-corrected chi connectivity index (χ3v) is 2.68. The average Bonchev–Trinajstić information content (AvgIpc) is 2.90. The van der Waals surface area contributed by atoms with Crippen LogP contribution in [0.15, 0.2) is 12.7 Å². The van der Waals surface area contributed by atoms with Gasteiger partial charge in [-0.3, -0.25) is 0 Å². The van der Waals surface area contributed by atoms with Crippen molar-refractivity contribution in [3.63, 3.8) is 0 Å². The standard InChI is InChI=1S/C10H15N3O3/c14-9(5-13-7-11-6-12-13)10(15)16-8-3-1-2-4-8/h6-9,14H,1-5H2. The van der Waals surface area contributed by atoms with Crippen molar-refractivity contribution in [2.24, 2.45) is 0 Å². The first-order valence-electron chi connectivity index (χ1n) is 5.46. The highest BCUT2D eigenvalue weighted by molar-refractivity contribution is 5.74. The van der Waals surface area contributed by atoms with E-state index in [0.29, 0.717) is 0 Å². The molecule has 0 aliphatic heterocycles. The molecule has 0 saturated heterocycles. The van der Waals surface area contributed by atoms with E-state index in [4.69, 9.17) is 4.74 Å². The number of aromatic nitrogens is 3. The highest BCUT2D eigenvalue weighted by Gasteiger charge is 2.24. The maximum atomic E-state index is 11.5. The zero-order valence-corrected chi connectivity index (χ0v) is 8.95. The van der Waals surface area contributed by atoms with Gasteiger partial charge in [-0.15, -0.1) is 0 Å². The first-order valence-corrected chi connectivity index (χ1v) is 5.46. The van der Waals surface area contributed by atoms with Crippen LogP contribution in [-0.2, 0) is 16.1 Å². The maximum Gasteiger partial charge on any atom is 0.337 e. The summed E-state index contributed by atoms with van der Waals surface area (Å²) in [5.74, 6) is -0.567. The van der Waals surface area contributed by atoms with Gasteiger partial charge in [0.15, 0.2) is 6.10 Å². The van der Waals surface area contributed by atoms with Crippen LogP contribution in [0, 0.1) is 0 Å².